The molecular formula is H2NO4Pb. The molecule has 0 heterocycles. The molecule has 0 aromatic heterocycles. The zero-order valence-electron chi connectivity index (χ0n) is 2.67. The first-order chi connectivity index (χ1) is 2.27. The molecule has 0 rings (SSSR count). The van der Waals surface area contributed by atoms with Crippen LogP contribution in [-0.2, 0) is 2.79 Å². The second-order valence-corrected chi connectivity index (χ2v) is 1.02. The Balaban J connectivity index is 0. The molecule has 0 aliphatic heterocycles. The van der Waals surface area contributed by atoms with Gasteiger partial charge in [-0.1, -0.05) is 0 Å². The molecule has 3 radical (unpaired) electrons. The zero-order chi connectivity index (χ0) is 4.28. The predicted molar refractivity (Wildman–Crippen MR) is 17.4 cm³/mol. The molecule has 0 aliphatic carbocycles. The van der Waals surface area contributed by atoms with Gasteiger partial charge in [-0.25, -0.2) is 0 Å². The van der Waals surface area contributed by atoms with Gasteiger partial charge < -0.3 is 5.48 Å². The molecule has 0 saturated heterocycles. The summed E-state index contributed by atoms with van der Waals surface area (Å²) in [6, 6.07) is 0. The van der Waals surface area contributed by atoms with Crippen LogP contribution in [0.1, 0.15) is 0 Å². The molecule has 2 N–H and O–H groups in total. The average molecular weight is 287 g/mol. The van der Waals surface area contributed by atoms with Crippen LogP contribution in [0, 0.1) is 10.1 Å². The van der Waals surface area contributed by atoms with Crippen LogP contribution in [0.4, 0.5) is 0 Å². The number of rotatable bonds is 1. The third kappa shape index (κ3) is 8.94. The molecule has 0 aromatic carbocycles. The van der Waals surface area contributed by atoms with Crippen LogP contribution in [0.15, 0.2) is 0 Å². The first-order valence-corrected chi connectivity index (χ1v) is 2.34. The molecule has 0 spiro atoms. The van der Waals surface area contributed by atoms with E-state index in [-0.39, 0.29) is 31.7 Å². The predicted octanol–water partition coefficient (Wildman–Crippen LogP) is -1.55. The maximum atomic E-state index is 8.99. The second-order valence-electron chi connectivity index (χ2n) is 0.315. The summed E-state index contributed by atoms with van der Waals surface area (Å²) in [7, 11) is 0. The summed E-state index contributed by atoms with van der Waals surface area (Å²) >= 11 is 0.174. The summed E-state index contributed by atoms with van der Waals surface area (Å²) in [4.78, 5) is 8.99. The Labute approximate surface area is 50.0 Å². The van der Waals surface area contributed by atoms with E-state index in [0.29, 0.717) is 0 Å². The van der Waals surface area contributed by atoms with E-state index in [4.69, 9.17) is 10.1 Å². The fourth-order valence-electron chi connectivity index (χ4n) is 0. The van der Waals surface area contributed by atoms with Crippen molar-refractivity contribution in [2.45, 2.75) is 0 Å². The van der Waals surface area contributed by atoms with Crippen molar-refractivity contribution in [2.75, 3.05) is 0 Å². The van der Waals surface area contributed by atoms with Gasteiger partial charge in [0.05, 0.1) is 0 Å². The molecule has 0 atom stereocenters. The monoisotopic (exact) mass is 288 g/mol. The van der Waals surface area contributed by atoms with E-state index >= 15 is 0 Å². The number of hydrogen-bond acceptors (Lipinski definition) is 3. The molecule has 5 nitrogen and oxygen atoms in total. The minimum absolute atomic E-state index is 0. The summed E-state index contributed by atoms with van der Waals surface area (Å²) in [6.45, 7) is 0. The maximum absolute atomic E-state index is 8.99. The first kappa shape index (κ1) is 9.43. The summed E-state index contributed by atoms with van der Waals surface area (Å²) in [5.41, 5.74) is 0. The van der Waals surface area contributed by atoms with E-state index in [1.807, 2.05) is 0 Å². The summed E-state index contributed by atoms with van der Waals surface area (Å²) in [6.07, 6.45) is 0. The van der Waals surface area contributed by atoms with E-state index in [1.165, 1.54) is 0 Å². The number of hydrogen-bond donors (Lipinski definition) is 0. The van der Waals surface area contributed by atoms with Crippen LogP contribution in [0.25, 0.3) is 0 Å². The van der Waals surface area contributed by atoms with Crippen molar-refractivity contribution in [1.29, 1.82) is 0 Å². The standard InChI is InChI=1S/NO3.H2O.Pb/c2-1(3)4;;/h;1H2;/q-1;;+1. The van der Waals surface area contributed by atoms with Crippen LogP contribution >= 0.6 is 0 Å². The van der Waals surface area contributed by atoms with Gasteiger partial charge in [-0.15, -0.1) is 0 Å². The molecule has 0 aliphatic rings. The average Bonchev–Trinajstić information content (AvgIpc) is 1.38. The number of nitrogens with zero attached hydrogens (tertiary/aromatic N) is 1. The molecule has 6 heteroatoms. The van der Waals surface area contributed by atoms with Crippen molar-refractivity contribution < 1.29 is 13.4 Å². The first-order valence-electron chi connectivity index (χ1n) is 0.752. The van der Waals surface area contributed by atoms with Crippen LogP contribution in [0.5, 0.6) is 0 Å². The van der Waals surface area contributed by atoms with E-state index in [2.05, 4.69) is 2.79 Å². The fraction of sp³-hybridized carbons (Fsp3) is 0. The minimum atomic E-state index is -0.813. The SMILES string of the molecule is O.O=[N+]([O-])[O][Pb]. The third-order valence-electron chi connectivity index (χ3n) is 0.0745. The molecule has 0 unspecified atom stereocenters. The molecular weight excluding hydrogens is 285 g/mol. The normalized spacial score (nSPS) is 5.50. The zero-order valence-corrected chi connectivity index (χ0v) is 6.56. The van der Waals surface area contributed by atoms with Gasteiger partial charge in [0.1, 0.15) is 0 Å². The van der Waals surface area contributed by atoms with Crippen molar-refractivity contribution >= 4 is 26.2 Å². The van der Waals surface area contributed by atoms with Crippen molar-refractivity contribution in [3.8, 4) is 0 Å². The van der Waals surface area contributed by atoms with E-state index in [9.17, 15) is 0 Å². The van der Waals surface area contributed by atoms with Gasteiger partial charge >= 0.3 is 44.2 Å². The Morgan fingerprint density at radius 1 is 1.83 bits per heavy atom. The van der Waals surface area contributed by atoms with E-state index in [0.717, 1.165) is 0 Å². The van der Waals surface area contributed by atoms with Crippen molar-refractivity contribution in [3.05, 3.63) is 10.1 Å². The van der Waals surface area contributed by atoms with Crippen molar-refractivity contribution in [3.63, 3.8) is 0 Å². The van der Waals surface area contributed by atoms with Gasteiger partial charge in [0.2, 0.25) is 0 Å². The Morgan fingerprint density at radius 3 is 2.00 bits per heavy atom. The van der Waals surface area contributed by atoms with E-state index in [1.54, 1.807) is 0 Å². The van der Waals surface area contributed by atoms with Crippen LogP contribution in [0.3, 0.4) is 0 Å². The molecule has 0 fully saturated rings. The Kier molecular flexibility index (Phi) is 7.98. The summed E-state index contributed by atoms with van der Waals surface area (Å²) < 4.78 is 3.61. The van der Waals surface area contributed by atoms with Crippen LogP contribution in [0.2, 0.25) is 0 Å². The molecule has 0 saturated carbocycles. The van der Waals surface area contributed by atoms with Gasteiger partial charge in [-0.05, 0) is 0 Å². The Morgan fingerprint density at radius 2 is 2.00 bits per heavy atom. The second kappa shape index (κ2) is 5.08. The van der Waals surface area contributed by atoms with Crippen LogP contribution < -0.4 is 0 Å². The fourth-order valence-corrected chi connectivity index (χ4v) is 0. The van der Waals surface area contributed by atoms with Crippen molar-refractivity contribution in [2.24, 2.45) is 0 Å². The topological polar surface area (TPSA) is 83.9 Å². The molecule has 35 valence electrons. The van der Waals surface area contributed by atoms with Crippen molar-refractivity contribution in [1.82, 2.24) is 0 Å². The molecule has 0 aromatic rings. The quantitative estimate of drug-likeness (QED) is 0.332. The van der Waals surface area contributed by atoms with Gasteiger partial charge in [0, 0.05) is 0 Å². The Hall–Kier alpha value is 0.0821. The van der Waals surface area contributed by atoms with E-state index < -0.39 is 5.09 Å². The molecule has 6 heavy (non-hydrogen) atoms. The van der Waals surface area contributed by atoms with Gasteiger partial charge in [0.25, 0.3) is 0 Å². The Bertz CT molecular complexity index is 42.8. The van der Waals surface area contributed by atoms with Gasteiger partial charge in [0.15, 0.2) is 0 Å². The van der Waals surface area contributed by atoms with Gasteiger partial charge in [-0.2, -0.15) is 0 Å². The summed E-state index contributed by atoms with van der Waals surface area (Å²) in [5, 5.41) is 8.17. The summed E-state index contributed by atoms with van der Waals surface area (Å²) in [5.74, 6) is 0. The molecule has 0 amide bonds. The van der Waals surface area contributed by atoms with Gasteiger partial charge in [-0.3, -0.25) is 0 Å². The third-order valence-corrected chi connectivity index (χ3v) is 0.654. The van der Waals surface area contributed by atoms with Crippen LogP contribution in [-0.4, -0.2) is 36.8 Å². The molecule has 0 bridgehead atoms.